The Bertz CT molecular complexity index is 432. The molecular weight excluding hydrogens is 356 g/mol. The first kappa shape index (κ1) is 26.4. The molecule has 1 rings (SSSR count). The number of aliphatic imine (C=N–C) groups is 1. The van der Waals surface area contributed by atoms with E-state index in [1.165, 1.54) is 102 Å². The molecule has 1 aliphatic heterocycles. The van der Waals surface area contributed by atoms with Crippen LogP contribution < -0.4 is 0 Å². The Labute approximate surface area is 182 Å². The van der Waals surface area contributed by atoms with Crippen molar-refractivity contribution in [1.82, 2.24) is 0 Å². The fourth-order valence-electron chi connectivity index (χ4n) is 4.61. The van der Waals surface area contributed by atoms with E-state index in [1.807, 2.05) is 0 Å². The summed E-state index contributed by atoms with van der Waals surface area (Å²) < 4.78 is 0.950. The maximum atomic E-state index is 9.39. The molecule has 1 atom stereocenters. The van der Waals surface area contributed by atoms with E-state index < -0.39 is 0 Å². The number of quaternary nitrogens is 1. The van der Waals surface area contributed by atoms with Gasteiger partial charge in [-0.15, -0.1) is 0 Å². The van der Waals surface area contributed by atoms with Crippen LogP contribution in [0.5, 0.6) is 0 Å². The first-order chi connectivity index (χ1) is 14.3. The van der Waals surface area contributed by atoms with Crippen molar-refractivity contribution in [3.05, 3.63) is 12.2 Å². The van der Waals surface area contributed by atoms with Gasteiger partial charge in [0, 0.05) is 6.42 Å². The number of hydrogen-bond acceptors (Lipinski definition) is 2. The number of unbranched alkanes of at least 4 members (excludes halogenated alkanes) is 13. The van der Waals surface area contributed by atoms with Crippen molar-refractivity contribution >= 4 is 5.84 Å². The van der Waals surface area contributed by atoms with Crippen LogP contribution in [0.1, 0.15) is 117 Å². The third-order valence-electron chi connectivity index (χ3n) is 6.65. The molecule has 0 aromatic rings. The third-order valence-corrected chi connectivity index (χ3v) is 6.65. The zero-order chi connectivity index (χ0) is 21.0. The van der Waals surface area contributed by atoms with Crippen LogP contribution in [0.25, 0.3) is 0 Å². The van der Waals surface area contributed by atoms with Gasteiger partial charge in [0.25, 0.3) is 0 Å². The molecular formula is C26H51N2O+. The highest BCUT2D eigenvalue weighted by Crippen LogP contribution is 2.20. The zero-order valence-corrected chi connectivity index (χ0v) is 19.8. The normalized spacial score (nSPS) is 19.3. The Hall–Kier alpha value is -0.670. The molecule has 1 N–H and O–H groups in total. The Morgan fingerprint density at radius 1 is 0.793 bits per heavy atom. The molecule has 0 radical (unpaired) electrons. The standard InChI is InChI=1S/C26H51N2O/c1-3-5-6-7-8-9-10-11-12-13-14-15-16-17-18-19-20-21-26-27-22-23-28(26,4-2)24-25-29/h6-7,29H,3-5,8-25H2,1-2H3/q+1/b7-6+. The molecule has 1 unspecified atom stereocenters. The molecule has 0 bridgehead atoms. The summed E-state index contributed by atoms with van der Waals surface area (Å²) in [6, 6.07) is 0. The fourth-order valence-corrected chi connectivity index (χ4v) is 4.61. The molecule has 3 nitrogen and oxygen atoms in total. The van der Waals surface area contributed by atoms with E-state index in [2.05, 4.69) is 26.0 Å². The Kier molecular flexibility index (Phi) is 16.5. The van der Waals surface area contributed by atoms with Crippen LogP contribution >= 0.6 is 0 Å². The number of hydrogen-bond donors (Lipinski definition) is 1. The summed E-state index contributed by atoms with van der Waals surface area (Å²) in [5, 5.41) is 9.39. The minimum atomic E-state index is 0.281. The van der Waals surface area contributed by atoms with Crippen molar-refractivity contribution in [2.24, 2.45) is 4.99 Å². The number of likely N-dealkylation sites (N-methyl/N-ethyl adjacent to an activating group) is 1. The van der Waals surface area contributed by atoms with E-state index in [1.54, 1.807) is 0 Å². The van der Waals surface area contributed by atoms with Crippen LogP contribution in [0.15, 0.2) is 17.1 Å². The number of aliphatic hydroxyl groups excluding tert-OH is 1. The Morgan fingerprint density at radius 2 is 1.34 bits per heavy atom. The van der Waals surface area contributed by atoms with Crippen molar-refractivity contribution in [3.63, 3.8) is 0 Å². The minimum Gasteiger partial charge on any atom is -0.390 e. The van der Waals surface area contributed by atoms with E-state index in [4.69, 9.17) is 4.99 Å². The topological polar surface area (TPSA) is 32.6 Å². The summed E-state index contributed by atoms with van der Waals surface area (Å²) >= 11 is 0. The highest BCUT2D eigenvalue weighted by atomic mass is 16.3. The van der Waals surface area contributed by atoms with Crippen molar-refractivity contribution < 1.29 is 9.59 Å². The van der Waals surface area contributed by atoms with E-state index >= 15 is 0 Å². The molecule has 170 valence electrons. The summed E-state index contributed by atoms with van der Waals surface area (Å²) in [5.74, 6) is 1.36. The summed E-state index contributed by atoms with van der Waals surface area (Å²) in [4.78, 5) is 4.76. The van der Waals surface area contributed by atoms with Gasteiger partial charge in [0.1, 0.15) is 13.1 Å². The van der Waals surface area contributed by atoms with E-state index in [0.29, 0.717) is 0 Å². The predicted octanol–water partition coefficient (Wildman–Crippen LogP) is 7.05. The summed E-state index contributed by atoms with van der Waals surface area (Å²) in [6.45, 7) is 8.75. The van der Waals surface area contributed by atoms with Crippen molar-refractivity contribution in [3.8, 4) is 0 Å². The molecule has 3 heteroatoms. The minimum absolute atomic E-state index is 0.281. The van der Waals surface area contributed by atoms with Gasteiger partial charge in [0.15, 0.2) is 5.84 Å². The largest absolute Gasteiger partial charge is 0.390 e. The second-order valence-electron chi connectivity index (χ2n) is 8.97. The average Bonchev–Trinajstić information content (AvgIpc) is 3.13. The maximum absolute atomic E-state index is 9.39. The molecule has 0 saturated carbocycles. The highest BCUT2D eigenvalue weighted by Gasteiger charge is 2.35. The number of aliphatic hydroxyl groups is 1. The van der Waals surface area contributed by atoms with Crippen molar-refractivity contribution in [1.29, 1.82) is 0 Å². The third kappa shape index (κ3) is 11.9. The van der Waals surface area contributed by atoms with Gasteiger partial charge >= 0.3 is 0 Å². The summed E-state index contributed by atoms with van der Waals surface area (Å²) in [6.07, 6.45) is 26.5. The Balaban J connectivity index is 1.86. The second-order valence-corrected chi connectivity index (χ2v) is 8.97. The predicted molar refractivity (Wildman–Crippen MR) is 129 cm³/mol. The zero-order valence-electron chi connectivity index (χ0n) is 19.8. The molecule has 0 aromatic heterocycles. The molecule has 1 aliphatic rings. The lowest BCUT2D eigenvalue weighted by molar-refractivity contribution is -0.835. The lowest BCUT2D eigenvalue weighted by Crippen LogP contribution is -2.52. The molecule has 0 spiro atoms. The van der Waals surface area contributed by atoms with Gasteiger partial charge in [-0.2, -0.15) is 0 Å². The molecule has 1 heterocycles. The van der Waals surface area contributed by atoms with Crippen LogP contribution in [-0.4, -0.2) is 48.2 Å². The van der Waals surface area contributed by atoms with Crippen LogP contribution in [0.4, 0.5) is 0 Å². The monoisotopic (exact) mass is 407 g/mol. The van der Waals surface area contributed by atoms with E-state index in [0.717, 1.165) is 37.1 Å². The Morgan fingerprint density at radius 3 is 1.90 bits per heavy atom. The quantitative estimate of drug-likeness (QED) is 0.131. The first-order valence-electron chi connectivity index (χ1n) is 12.9. The van der Waals surface area contributed by atoms with Crippen LogP contribution in [-0.2, 0) is 0 Å². The van der Waals surface area contributed by atoms with Gasteiger partial charge in [0.2, 0.25) is 0 Å². The van der Waals surface area contributed by atoms with Gasteiger partial charge in [-0.05, 0) is 32.6 Å². The fraction of sp³-hybridized carbons (Fsp3) is 0.885. The van der Waals surface area contributed by atoms with Crippen LogP contribution in [0, 0.1) is 0 Å². The summed E-state index contributed by atoms with van der Waals surface area (Å²) in [5.41, 5.74) is 0. The first-order valence-corrected chi connectivity index (χ1v) is 12.9. The molecule has 0 fully saturated rings. The summed E-state index contributed by atoms with van der Waals surface area (Å²) in [7, 11) is 0. The van der Waals surface area contributed by atoms with Crippen LogP contribution in [0.3, 0.4) is 0 Å². The van der Waals surface area contributed by atoms with Gasteiger partial charge in [-0.25, -0.2) is 4.99 Å². The van der Waals surface area contributed by atoms with Gasteiger partial charge < -0.3 is 5.11 Å². The van der Waals surface area contributed by atoms with E-state index in [-0.39, 0.29) is 6.61 Å². The smallest absolute Gasteiger partial charge is 0.198 e. The lowest BCUT2D eigenvalue weighted by atomic mass is 10.0. The molecule has 29 heavy (non-hydrogen) atoms. The number of rotatable bonds is 20. The molecule has 0 amide bonds. The lowest BCUT2D eigenvalue weighted by Gasteiger charge is -2.33. The number of allylic oxidation sites excluding steroid dienone is 2. The number of nitrogens with zero attached hydrogens (tertiary/aromatic N) is 2. The molecule has 0 saturated heterocycles. The molecule has 0 aliphatic carbocycles. The number of amidine groups is 1. The van der Waals surface area contributed by atoms with E-state index in [9.17, 15) is 5.11 Å². The van der Waals surface area contributed by atoms with Crippen molar-refractivity contribution in [2.45, 2.75) is 117 Å². The SMILES string of the molecule is CCC/C=C/CCCCCCCCCCCCCCC1=NCC[N+]1(CC)CCO. The molecule has 0 aromatic carbocycles. The second kappa shape index (κ2) is 18.1. The average molecular weight is 408 g/mol. The van der Waals surface area contributed by atoms with Crippen molar-refractivity contribution in [2.75, 3.05) is 32.8 Å². The van der Waals surface area contributed by atoms with Gasteiger partial charge in [-0.1, -0.05) is 89.7 Å². The van der Waals surface area contributed by atoms with Gasteiger partial charge in [0.05, 0.1) is 19.7 Å². The highest BCUT2D eigenvalue weighted by molar-refractivity contribution is 5.76. The van der Waals surface area contributed by atoms with Crippen LogP contribution in [0.2, 0.25) is 0 Å². The maximum Gasteiger partial charge on any atom is 0.198 e. The van der Waals surface area contributed by atoms with Gasteiger partial charge in [-0.3, -0.25) is 4.48 Å².